The molecule has 0 saturated carbocycles. The van der Waals surface area contributed by atoms with Crippen molar-refractivity contribution in [1.82, 2.24) is 0 Å². The number of quaternary nitrogens is 1. The van der Waals surface area contributed by atoms with Crippen molar-refractivity contribution in [2.75, 3.05) is 59.9 Å². The Hall–Kier alpha value is -3.04. The van der Waals surface area contributed by atoms with Gasteiger partial charge in [-0.15, -0.1) is 0 Å². The Kier molecular flexibility index (Phi) is 11.3. The van der Waals surface area contributed by atoms with Crippen LogP contribution < -0.4 is 24.3 Å². The molecule has 36 heavy (non-hydrogen) atoms. The number of nitrogens with zero attached hydrogens (tertiary/aromatic N) is 1. The van der Waals surface area contributed by atoms with E-state index in [2.05, 4.69) is 26.1 Å². The number of carbonyl (C=O) groups excluding carboxylic acids is 1. The Bertz CT molecular complexity index is 1050. The van der Waals surface area contributed by atoms with Crippen molar-refractivity contribution >= 4 is 28.5 Å². The quantitative estimate of drug-likeness (QED) is 0.371. The summed E-state index contributed by atoms with van der Waals surface area (Å²) in [5.41, 5.74) is 2.05. The fraction of sp³-hybridized carbons (Fsp3) is 0.444. The molecule has 2 rings (SSSR count). The first-order chi connectivity index (χ1) is 17.3. The Labute approximate surface area is 217 Å². The molecule has 9 heteroatoms. The predicted octanol–water partition coefficient (Wildman–Crippen LogP) is 4.46. The van der Waals surface area contributed by atoms with Gasteiger partial charge in [-0.25, -0.2) is 0 Å². The molecule has 0 aliphatic heterocycles. The summed E-state index contributed by atoms with van der Waals surface area (Å²) in [5.74, 6) is 2.45. The maximum atomic E-state index is 12.9. The lowest BCUT2D eigenvalue weighted by molar-refractivity contribution is -0.915. The van der Waals surface area contributed by atoms with Gasteiger partial charge in [0, 0.05) is 17.5 Å². The van der Waals surface area contributed by atoms with E-state index < -0.39 is 10.8 Å². The summed E-state index contributed by atoms with van der Waals surface area (Å²) < 4.78 is 35.2. The number of nitrogens with one attached hydrogen (secondary N) is 1. The van der Waals surface area contributed by atoms with Crippen LogP contribution in [0.1, 0.15) is 31.9 Å². The van der Waals surface area contributed by atoms with Crippen molar-refractivity contribution in [2.24, 2.45) is 0 Å². The molecule has 1 atom stereocenters. The predicted molar refractivity (Wildman–Crippen MR) is 145 cm³/mol. The molecule has 198 valence electrons. The van der Waals surface area contributed by atoms with Crippen LogP contribution in [-0.4, -0.2) is 69.2 Å². The molecule has 0 aromatic heterocycles. The minimum Gasteiger partial charge on any atom is -0.496 e. The number of rotatable bonds is 14. The first kappa shape index (κ1) is 29.2. The van der Waals surface area contributed by atoms with E-state index in [1.54, 1.807) is 58.1 Å². The zero-order valence-corrected chi connectivity index (χ0v) is 23.2. The molecule has 2 aromatic rings. The summed E-state index contributed by atoms with van der Waals surface area (Å²) in [5, 5.41) is 4.59. The third-order valence-electron chi connectivity index (χ3n) is 6.48. The van der Waals surface area contributed by atoms with Crippen molar-refractivity contribution in [3.8, 4) is 23.0 Å². The van der Waals surface area contributed by atoms with E-state index in [0.717, 1.165) is 25.2 Å². The third-order valence-corrected chi connectivity index (χ3v) is 7.54. The standard InChI is InChI=1S/C27H38N2O6S/c1-8-29(9-2,10-3)18-27(30)28-23-15-20(11-12-24(23)33-5)19-36(31)14-13-22-25(34-6)16-21(32-4)17-26(22)35-7/h11-17H,8-10,18-19H2,1-7H3/p+1. The number of hydrogen-bond acceptors (Lipinski definition) is 6. The van der Waals surface area contributed by atoms with E-state index >= 15 is 0 Å². The highest BCUT2D eigenvalue weighted by molar-refractivity contribution is 7.87. The molecule has 1 amide bonds. The van der Waals surface area contributed by atoms with Gasteiger partial charge in [0.15, 0.2) is 6.54 Å². The Morgan fingerprint density at radius 3 is 1.97 bits per heavy atom. The van der Waals surface area contributed by atoms with Crippen LogP contribution in [0.3, 0.4) is 0 Å². The van der Waals surface area contributed by atoms with E-state index in [4.69, 9.17) is 18.9 Å². The highest BCUT2D eigenvalue weighted by Crippen LogP contribution is 2.35. The summed E-state index contributed by atoms with van der Waals surface area (Å²) in [7, 11) is 4.91. The van der Waals surface area contributed by atoms with E-state index in [9.17, 15) is 9.00 Å². The van der Waals surface area contributed by atoms with Crippen LogP contribution in [0, 0.1) is 0 Å². The Balaban J connectivity index is 2.21. The molecule has 0 saturated heterocycles. The smallest absolute Gasteiger partial charge is 0.279 e. The maximum Gasteiger partial charge on any atom is 0.279 e. The van der Waals surface area contributed by atoms with Crippen LogP contribution in [0.5, 0.6) is 23.0 Å². The van der Waals surface area contributed by atoms with Gasteiger partial charge in [-0.2, -0.15) is 0 Å². The van der Waals surface area contributed by atoms with Crippen LogP contribution in [0.2, 0.25) is 0 Å². The van der Waals surface area contributed by atoms with Gasteiger partial charge in [-0.05, 0) is 44.5 Å². The average Bonchev–Trinajstić information content (AvgIpc) is 2.90. The van der Waals surface area contributed by atoms with Gasteiger partial charge in [-0.3, -0.25) is 9.00 Å². The fourth-order valence-corrected chi connectivity index (χ4v) is 4.89. The molecule has 0 aliphatic rings. The van der Waals surface area contributed by atoms with Crippen LogP contribution in [0.4, 0.5) is 5.69 Å². The number of carbonyl (C=O) groups is 1. The molecule has 1 unspecified atom stereocenters. The van der Waals surface area contributed by atoms with E-state index in [1.807, 2.05) is 12.1 Å². The van der Waals surface area contributed by atoms with Crippen molar-refractivity contribution in [3.05, 3.63) is 46.9 Å². The molecule has 0 fully saturated rings. The first-order valence-corrected chi connectivity index (χ1v) is 13.3. The molecule has 0 heterocycles. The number of ether oxygens (including phenoxy) is 4. The lowest BCUT2D eigenvalue weighted by atomic mass is 10.1. The van der Waals surface area contributed by atoms with Crippen LogP contribution in [-0.2, 0) is 21.3 Å². The van der Waals surface area contributed by atoms with Crippen molar-refractivity contribution in [3.63, 3.8) is 0 Å². The number of likely N-dealkylation sites (N-methyl/N-ethyl adjacent to an activating group) is 1. The number of methoxy groups -OCH3 is 4. The average molecular weight is 520 g/mol. The minimum atomic E-state index is -1.33. The molecule has 2 aromatic carbocycles. The highest BCUT2D eigenvalue weighted by atomic mass is 32.2. The van der Waals surface area contributed by atoms with Gasteiger partial charge >= 0.3 is 0 Å². The molecule has 1 N–H and O–H groups in total. The van der Waals surface area contributed by atoms with Gasteiger partial charge in [0.2, 0.25) is 0 Å². The second-order valence-electron chi connectivity index (χ2n) is 8.30. The molecule has 8 nitrogen and oxygen atoms in total. The van der Waals surface area contributed by atoms with Gasteiger partial charge in [0.05, 0.1) is 75.9 Å². The number of hydrogen-bond donors (Lipinski definition) is 1. The van der Waals surface area contributed by atoms with Crippen LogP contribution >= 0.6 is 0 Å². The summed E-state index contributed by atoms with van der Waals surface area (Å²) in [6.07, 6.45) is 1.72. The first-order valence-electron chi connectivity index (χ1n) is 12.0. The lowest BCUT2D eigenvalue weighted by Gasteiger charge is -2.34. The molecular formula is C27H39N2O6S+. The zero-order valence-electron chi connectivity index (χ0n) is 22.4. The molecule has 0 radical (unpaired) electrons. The minimum absolute atomic E-state index is 0.0734. The van der Waals surface area contributed by atoms with Crippen LogP contribution in [0.25, 0.3) is 6.08 Å². The van der Waals surface area contributed by atoms with Crippen molar-refractivity contribution < 1.29 is 32.4 Å². The molecule has 0 spiro atoms. The number of anilines is 1. The normalized spacial score (nSPS) is 12.3. The summed E-state index contributed by atoms with van der Waals surface area (Å²) in [6.45, 7) is 9.33. The zero-order chi connectivity index (χ0) is 26.7. The van der Waals surface area contributed by atoms with Gasteiger partial charge in [0.25, 0.3) is 5.91 Å². The van der Waals surface area contributed by atoms with E-state index in [-0.39, 0.29) is 11.7 Å². The van der Waals surface area contributed by atoms with E-state index in [0.29, 0.717) is 45.3 Å². The number of benzene rings is 2. The molecule has 0 aliphatic carbocycles. The van der Waals surface area contributed by atoms with Crippen molar-refractivity contribution in [1.29, 1.82) is 0 Å². The molecule has 0 bridgehead atoms. The summed E-state index contributed by atoms with van der Waals surface area (Å²) >= 11 is 0. The monoisotopic (exact) mass is 519 g/mol. The Morgan fingerprint density at radius 1 is 0.889 bits per heavy atom. The van der Waals surface area contributed by atoms with Crippen molar-refractivity contribution in [2.45, 2.75) is 26.5 Å². The van der Waals surface area contributed by atoms with E-state index in [1.165, 1.54) is 0 Å². The number of amides is 1. The second kappa shape index (κ2) is 13.9. The topological polar surface area (TPSA) is 83.1 Å². The van der Waals surface area contributed by atoms with Gasteiger partial charge in [0.1, 0.15) is 23.0 Å². The molecular weight excluding hydrogens is 480 g/mol. The SMILES string of the molecule is CC[N+](CC)(CC)CC(=O)Nc1cc(CS(=O)C=Cc2c(OC)cc(OC)cc2OC)ccc1OC. The highest BCUT2D eigenvalue weighted by Gasteiger charge is 2.25. The lowest BCUT2D eigenvalue weighted by Crippen LogP contribution is -2.51. The largest absolute Gasteiger partial charge is 0.496 e. The summed E-state index contributed by atoms with van der Waals surface area (Å²) in [4.78, 5) is 12.8. The van der Waals surface area contributed by atoms with Gasteiger partial charge < -0.3 is 28.7 Å². The fourth-order valence-electron chi connectivity index (χ4n) is 4.00. The third kappa shape index (κ3) is 7.48. The second-order valence-corrected chi connectivity index (χ2v) is 9.63. The maximum absolute atomic E-state index is 12.9. The van der Waals surface area contributed by atoms with Gasteiger partial charge in [-0.1, -0.05) is 6.07 Å². The Morgan fingerprint density at radius 2 is 1.47 bits per heavy atom. The summed E-state index contributed by atoms with van der Waals surface area (Å²) in [6, 6.07) is 8.93. The van der Waals surface area contributed by atoms with Crippen LogP contribution in [0.15, 0.2) is 35.7 Å².